The average Bonchev–Trinajstić information content (AvgIpc) is 3.51. The standard InChI is InChI=1S/C27H33N3O3/c1-2-14-29-24-21(22(17-31)25(29)26(32)28-15-19-8-9-19)16-30-23(24)13-12-20(27(30)33)11-10-18-6-4-3-5-7-18/h3-7,10-13,19,21-22,24-25,31H,2,8-9,14-17H2,1H3,(H,28,32)/b11-10+/t21-,22-,24+,25-/m1/s1. The summed E-state index contributed by atoms with van der Waals surface area (Å²) in [5.74, 6) is 0.520. The van der Waals surface area contributed by atoms with Gasteiger partial charge in [-0.3, -0.25) is 14.5 Å². The number of hydrogen-bond acceptors (Lipinski definition) is 4. The SMILES string of the molecule is CCCN1[C@@H]2c3ccc(/C=C/c4ccccc4)c(=O)n3C[C@@H]2[C@@H](CO)[C@@H]1C(=O)NCC1CC1. The highest BCUT2D eigenvalue weighted by Gasteiger charge is 2.55. The summed E-state index contributed by atoms with van der Waals surface area (Å²) in [6.45, 7) is 4.11. The second kappa shape index (κ2) is 9.27. The number of nitrogens with zero attached hydrogens (tertiary/aromatic N) is 2. The zero-order valence-electron chi connectivity index (χ0n) is 19.2. The molecule has 2 N–H and O–H groups in total. The van der Waals surface area contributed by atoms with Crippen LogP contribution in [0, 0.1) is 17.8 Å². The van der Waals surface area contributed by atoms with E-state index < -0.39 is 0 Å². The first-order valence-electron chi connectivity index (χ1n) is 12.2. The van der Waals surface area contributed by atoms with Crippen LogP contribution in [0.1, 0.15) is 49.0 Å². The van der Waals surface area contributed by atoms with Crippen LogP contribution in [0.4, 0.5) is 0 Å². The van der Waals surface area contributed by atoms with Gasteiger partial charge in [-0.05, 0) is 55.5 Å². The highest BCUT2D eigenvalue weighted by atomic mass is 16.3. The molecule has 3 heterocycles. The first-order valence-corrected chi connectivity index (χ1v) is 12.2. The molecule has 5 rings (SSSR count). The van der Waals surface area contributed by atoms with Crippen LogP contribution in [-0.2, 0) is 11.3 Å². The number of aliphatic hydroxyl groups excluding tert-OH is 1. The number of rotatable bonds is 8. The summed E-state index contributed by atoms with van der Waals surface area (Å²) in [7, 11) is 0. The Morgan fingerprint density at radius 3 is 2.64 bits per heavy atom. The smallest absolute Gasteiger partial charge is 0.258 e. The van der Waals surface area contributed by atoms with E-state index in [1.807, 2.05) is 59.2 Å². The van der Waals surface area contributed by atoms with Crippen LogP contribution in [-0.4, -0.2) is 46.2 Å². The first kappa shape index (κ1) is 22.1. The minimum absolute atomic E-state index is 0.00282. The van der Waals surface area contributed by atoms with Crippen molar-refractivity contribution in [3.63, 3.8) is 0 Å². The monoisotopic (exact) mass is 447 g/mol. The zero-order valence-corrected chi connectivity index (χ0v) is 19.2. The van der Waals surface area contributed by atoms with Gasteiger partial charge in [0.15, 0.2) is 0 Å². The second-order valence-electron chi connectivity index (χ2n) is 9.70. The fourth-order valence-electron chi connectivity index (χ4n) is 5.69. The molecule has 1 aromatic heterocycles. The van der Waals surface area contributed by atoms with Crippen LogP contribution in [0.25, 0.3) is 12.2 Å². The minimum Gasteiger partial charge on any atom is -0.396 e. The number of aliphatic hydroxyl groups is 1. The number of amides is 1. The van der Waals surface area contributed by atoms with Gasteiger partial charge in [0.2, 0.25) is 5.91 Å². The maximum absolute atomic E-state index is 13.3. The van der Waals surface area contributed by atoms with E-state index in [1.165, 1.54) is 12.8 Å². The van der Waals surface area contributed by atoms with Crippen molar-refractivity contribution in [3.05, 3.63) is 69.6 Å². The highest BCUT2D eigenvalue weighted by Crippen LogP contribution is 2.49. The van der Waals surface area contributed by atoms with E-state index in [1.54, 1.807) is 0 Å². The molecule has 2 fully saturated rings. The van der Waals surface area contributed by atoms with Gasteiger partial charge in [0.05, 0.1) is 12.1 Å². The lowest BCUT2D eigenvalue weighted by atomic mass is 9.88. The summed E-state index contributed by atoms with van der Waals surface area (Å²) in [4.78, 5) is 28.7. The van der Waals surface area contributed by atoms with E-state index in [0.29, 0.717) is 18.0 Å². The molecule has 0 spiro atoms. The van der Waals surface area contributed by atoms with E-state index in [2.05, 4.69) is 17.1 Å². The van der Waals surface area contributed by atoms with Crippen LogP contribution in [0.5, 0.6) is 0 Å². The number of likely N-dealkylation sites (tertiary alicyclic amines) is 1. The summed E-state index contributed by atoms with van der Waals surface area (Å²) >= 11 is 0. The Labute approximate surface area is 194 Å². The Morgan fingerprint density at radius 1 is 1.15 bits per heavy atom. The Kier molecular flexibility index (Phi) is 6.21. The molecule has 0 unspecified atom stereocenters. The molecule has 0 radical (unpaired) electrons. The molecule has 3 aliphatic rings. The van der Waals surface area contributed by atoms with E-state index in [0.717, 1.165) is 30.8 Å². The normalized spacial score (nSPS) is 26.5. The third-order valence-electron chi connectivity index (χ3n) is 7.49. The number of carbonyl (C=O) groups is 1. The highest BCUT2D eigenvalue weighted by molar-refractivity contribution is 5.83. The third-order valence-corrected chi connectivity index (χ3v) is 7.49. The molecule has 1 aromatic carbocycles. The quantitative estimate of drug-likeness (QED) is 0.653. The topological polar surface area (TPSA) is 74.6 Å². The van der Waals surface area contributed by atoms with Gasteiger partial charge in [0.25, 0.3) is 5.56 Å². The molecular weight excluding hydrogens is 414 g/mol. The number of carbonyl (C=O) groups excluding carboxylic acids is 1. The Morgan fingerprint density at radius 2 is 1.94 bits per heavy atom. The minimum atomic E-state index is -0.342. The number of nitrogens with one attached hydrogen (secondary N) is 1. The van der Waals surface area contributed by atoms with Gasteiger partial charge < -0.3 is 15.0 Å². The van der Waals surface area contributed by atoms with Crippen molar-refractivity contribution in [2.75, 3.05) is 19.7 Å². The van der Waals surface area contributed by atoms with Crippen LogP contribution >= 0.6 is 0 Å². The molecule has 33 heavy (non-hydrogen) atoms. The van der Waals surface area contributed by atoms with E-state index in [4.69, 9.17) is 0 Å². The lowest BCUT2D eigenvalue weighted by Gasteiger charge is -2.30. The van der Waals surface area contributed by atoms with Crippen molar-refractivity contribution >= 4 is 18.1 Å². The van der Waals surface area contributed by atoms with Gasteiger partial charge in [-0.25, -0.2) is 0 Å². The van der Waals surface area contributed by atoms with Gasteiger partial charge >= 0.3 is 0 Å². The lowest BCUT2D eigenvalue weighted by molar-refractivity contribution is -0.127. The Bertz CT molecular complexity index is 1090. The molecule has 1 amide bonds. The fourth-order valence-corrected chi connectivity index (χ4v) is 5.69. The van der Waals surface area contributed by atoms with Crippen molar-refractivity contribution in [3.8, 4) is 0 Å². The predicted molar refractivity (Wildman–Crippen MR) is 129 cm³/mol. The third kappa shape index (κ3) is 4.18. The molecule has 174 valence electrons. The molecule has 0 bridgehead atoms. The van der Waals surface area contributed by atoms with E-state index >= 15 is 0 Å². The Balaban J connectivity index is 1.44. The zero-order chi connectivity index (χ0) is 22.9. The lowest BCUT2D eigenvalue weighted by Crippen LogP contribution is -2.49. The first-order chi connectivity index (χ1) is 16.1. The van der Waals surface area contributed by atoms with E-state index in [-0.39, 0.29) is 42.0 Å². The second-order valence-corrected chi connectivity index (χ2v) is 9.70. The molecule has 1 saturated heterocycles. The largest absolute Gasteiger partial charge is 0.396 e. The van der Waals surface area contributed by atoms with Crippen LogP contribution in [0.2, 0.25) is 0 Å². The molecule has 1 aliphatic carbocycles. The maximum atomic E-state index is 13.3. The van der Waals surface area contributed by atoms with Crippen molar-refractivity contribution in [2.24, 2.45) is 17.8 Å². The predicted octanol–water partition coefficient (Wildman–Crippen LogP) is 2.92. The van der Waals surface area contributed by atoms with E-state index in [9.17, 15) is 14.7 Å². The summed E-state index contributed by atoms with van der Waals surface area (Å²) in [6.07, 6.45) is 7.13. The summed E-state index contributed by atoms with van der Waals surface area (Å²) < 4.78 is 1.86. The average molecular weight is 448 g/mol. The van der Waals surface area contributed by atoms with Gasteiger partial charge in [-0.15, -0.1) is 0 Å². The van der Waals surface area contributed by atoms with Gasteiger partial charge in [0, 0.05) is 42.8 Å². The number of aromatic nitrogens is 1. The molecule has 6 nitrogen and oxygen atoms in total. The van der Waals surface area contributed by atoms with Gasteiger partial charge in [0.1, 0.15) is 0 Å². The maximum Gasteiger partial charge on any atom is 0.258 e. The number of fused-ring (bicyclic) bond motifs is 3. The van der Waals surface area contributed by atoms with Crippen LogP contribution in [0.15, 0.2) is 47.3 Å². The Hall–Kier alpha value is -2.70. The van der Waals surface area contributed by atoms with Crippen molar-refractivity contribution in [2.45, 2.75) is 44.8 Å². The number of benzene rings is 1. The van der Waals surface area contributed by atoms with Crippen LogP contribution in [0.3, 0.4) is 0 Å². The van der Waals surface area contributed by atoms with Crippen LogP contribution < -0.4 is 10.9 Å². The van der Waals surface area contributed by atoms with Gasteiger partial charge in [-0.2, -0.15) is 0 Å². The molecule has 4 atom stereocenters. The molecular formula is C27H33N3O3. The molecule has 1 saturated carbocycles. The fraction of sp³-hybridized carbons (Fsp3) is 0.481. The molecule has 6 heteroatoms. The van der Waals surface area contributed by atoms with Crippen molar-refractivity contribution in [1.82, 2.24) is 14.8 Å². The van der Waals surface area contributed by atoms with Crippen molar-refractivity contribution in [1.29, 1.82) is 0 Å². The number of pyridine rings is 1. The molecule has 2 aliphatic heterocycles. The van der Waals surface area contributed by atoms with Crippen molar-refractivity contribution < 1.29 is 9.90 Å². The summed E-state index contributed by atoms with van der Waals surface area (Å²) in [5, 5.41) is 13.5. The summed E-state index contributed by atoms with van der Waals surface area (Å²) in [6, 6.07) is 13.5. The summed E-state index contributed by atoms with van der Waals surface area (Å²) in [5.41, 5.74) is 2.67. The molecule has 2 aromatic rings. The number of hydrogen-bond donors (Lipinski definition) is 2. The van der Waals surface area contributed by atoms with Gasteiger partial charge in [-0.1, -0.05) is 43.3 Å².